The van der Waals surface area contributed by atoms with Crippen molar-refractivity contribution in [1.29, 1.82) is 0 Å². The minimum Gasteiger partial charge on any atom is -0.310 e. The summed E-state index contributed by atoms with van der Waals surface area (Å²) in [5.74, 6) is 0. The predicted molar refractivity (Wildman–Crippen MR) is 96.7 cm³/mol. The lowest BCUT2D eigenvalue weighted by atomic mass is 10.1. The normalized spacial score (nSPS) is 15.4. The van der Waals surface area contributed by atoms with E-state index in [1.54, 1.807) is 0 Å². The summed E-state index contributed by atoms with van der Waals surface area (Å²) in [6.45, 7) is 3.27. The maximum Gasteiger partial charge on any atom is 0.0360 e. The molecule has 1 fully saturated rings. The third-order valence-electron chi connectivity index (χ3n) is 3.76. The monoisotopic (exact) mass is 361 g/mol. The highest BCUT2D eigenvalue weighted by atomic mass is 79.9. The summed E-state index contributed by atoms with van der Waals surface area (Å²) in [7, 11) is 0. The number of nitrogens with one attached hydrogen (secondary N) is 1. The Labute approximate surface area is 139 Å². The average molecular weight is 362 g/mol. The second-order valence-corrected chi connectivity index (χ2v) is 7.46. The molecule has 0 spiro atoms. The lowest BCUT2D eigenvalue weighted by Crippen LogP contribution is -2.18. The standard InChI is InChI=1S/C18H20BrNS/c1-2-13(12-20-14-7-8-14)11-15-9-10-18(21-15)16-5-3-4-6-17(16)19/h3-6,9-11,14,20H,2,7-8,12H2,1H3. The minimum absolute atomic E-state index is 0.777. The molecule has 0 unspecified atom stereocenters. The van der Waals surface area contributed by atoms with Gasteiger partial charge in [0.15, 0.2) is 0 Å². The summed E-state index contributed by atoms with van der Waals surface area (Å²) < 4.78 is 1.16. The van der Waals surface area contributed by atoms with Crippen LogP contribution in [0.3, 0.4) is 0 Å². The van der Waals surface area contributed by atoms with Gasteiger partial charge in [0.25, 0.3) is 0 Å². The maximum absolute atomic E-state index is 3.64. The molecule has 1 aliphatic carbocycles. The molecule has 0 radical (unpaired) electrons. The van der Waals surface area contributed by atoms with E-state index in [4.69, 9.17) is 0 Å². The van der Waals surface area contributed by atoms with Gasteiger partial charge in [-0.3, -0.25) is 0 Å². The number of hydrogen-bond donors (Lipinski definition) is 1. The van der Waals surface area contributed by atoms with E-state index < -0.39 is 0 Å². The van der Waals surface area contributed by atoms with Gasteiger partial charge in [0, 0.05) is 32.4 Å². The molecular weight excluding hydrogens is 342 g/mol. The molecule has 1 aromatic heterocycles. The van der Waals surface area contributed by atoms with Crippen LogP contribution in [0.25, 0.3) is 16.5 Å². The highest BCUT2D eigenvalue weighted by molar-refractivity contribution is 9.10. The van der Waals surface area contributed by atoms with E-state index in [2.05, 4.69) is 70.6 Å². The smallest absolute Gasteiger partial charge is 0.0360 e. The second-order valence-electron chi connectivity index (χ2n) is 5.49. The number of halogens is 1. The summed E-state index contributed by atoms with van der Waals surface area (Å²) in [6, 6.07) is 13.6. The van der Waals surface area contributed by atoms with Gasteiger partial charge in [-0.05, 0) is 43.5 Å². The summed E-state index contributed by atoms with van der Waals surface area (Å²) in [6.07, 6.45) is 6.16. The van der Waals surface area contributed by atoms with E-state index in [-0.39, 0.29) is 0 Å². The molecule has 1 saturated carbocycles. The first kappa shape index (κ1) is 15.0. The molecule has 1 aliphatic rings. The molecule has 1 N–H and O–H groups in total. The molecule has 3 rings (SSSR count). The third kappa shape index (κ3) is 4.06. The van der Waals surface area contributed by atoms with Crippen LogP contribution in [0.4, 0.5) is 0 Å². The molecule has 0 atom stereocenters. The lowest BCUT2D eigenvalue weighted by molar-refractivity contribution is 0.723. The van der Waals surface area contributed by atoms with Crippen LogP contribution < -0.4 is 5.32 Å². The fourth-order valence-electron chi connectivity index (χ4n) is 2.28. The molecule has 110 valence electrons. The van der Waals surface area contributed by atoms with Crippen molar-refractivity contribution in [3.8, 4) is 10.4 Å². The number of hydrogen-bond acceptors (Lipinski definition) is 2. The zero-order chi connectivity index (χ0) is 14.7. The molecule has 0 amide bonds. The van der Waals surface area contributed by atoms with E-state index in [1.807, 2.05) is 11.3 Å². The van der Waals surface area contributed by atoms with Gasteiger partial charge in [0.1, 0.15) is 0 Å². The van der Waals surface area contributed by atoms with Crippen LogP contribution in [-0.4, -0.2) is 12.6 Å². The Balaban J connectivity index is 1.75. The molecule has 1 heterocycles. The topological polar surface area (TPSA) is 12.0 Å². The van der Waals surface area contributed by atoms with Crippen molar-refractivity contribution in [3.63, 3.8) is 0 Å². The number of benzene rings is 1. The van der Waals surface area contributed by atoms with E-state index in [9.17, 15) is 0 Å². The first-order chi connectivity index (χ1) is 10.3. The second kappa shape index (κ2) is 6.91. The Kier molecular flexibility index (Phi) is 4.94. The summed E-state index contributed by atoms with van der Waals surface area (Å²) >= 11 is 5.50. The van der Waals surface area contributed by atoms with Crippen LogP contribution in [0, 0.1) is 0 Å². The van der Waals surface area contributed by atoms with Gasteiger partial charge >= 0.3 is 0 Å². The average Bonchev–Trinajstić information content (AvgIpc) is 3.22. The number of rotatable bonds is 6. The number of thiophene rings is 1. The Hall–Kier alpha value is -0.900. The highest BCUT2D eigenvalue weighted by Crippen LogP contribution is 2.34. The van der Waals surface area contributed by atoms with Crippen LogP contribution in [0.1, 0.15) is 31.1 Å². The first-order valence-corrected chi connectivity index (χ1v) is 9.15. The summed E-state index contributed by atoms with van der Waals surface area (Å²) in [5, 5.41) is 3.60. The maximum atomic E-state index is 3.64. The Morgan fingerprint density at radius 3 is 2.81 bits per heavy atom. The molecule has 2 aromatic rings. The van der Waals surface area contributed by atoms with E-state index in [0.29, 0.717) is 0 Å². The van der Waals surface area contributed by atoms with Gasteiger partial charge < -0.3 is 5.32 Å². The zero-order valence-electron chi connectivity index (χ0n) is 12.2. The van der Waals surface area contributed by atoms with Crippen LogP contribution in [0.2, 0.25) is 0 Å². The van der Waals surface area contributed by atoms with Gasteiger partial charge in [-0.2, -0.15) is 0 Å². The van der Waals surface area contributed by atoms with Crippen molar-refractivity contribution >= 4 is 33.3 Å². The minimum atomic E-state index is 0.777. The fourth-order valence-corrected chi connectivity index (χ4v) is 3.95. The Morgan fingerprint density at radius 1 is 1.29 bits per heavy atom. The van der Waals surface area contributed by atoms with E-state index in [1.165, 1.54) is 33.7 Å². The quantitative estimate of drug-likeness (QED) is 0.693. The van der Waals surface area contributed by atoms with Gasteiger partial charge in [-0.15, -0.1) is 11.3 Å². The van der Waals surface area contributed by atoms with Crippen LogP contribution in [0.15, 0.2) is 46.4 Å². The van der Waals surface area contributed by atoms with Crippen molar-refractivity contribution in [2.75, 3.05) is 6.54 Å². The van der Waals surface area contributed by atoms with Crippen molar-refractivity contribution in [2.24, 2.45) is 0 Å². The van der Waals surface area contributed by atoms with E-state index >= 15 is 0 Å². The van der Waals surface area contributed by atoms with Crippen molar-refractivity contribution in [3.05, 3.63) is 51.3 Å². The molecule has 0 aliphatic heterocycles. The largest absolute Gasteiger partial charge is 0.310 e. The van der Waals surface area contributed by atoms with Crippen molar-refractivity contribution in [1.82, 2.24) is 5.32 Å². The van der Waals surface area contributed by atoms with Gasteiger partial charge in [0.05, 0.1) is 0 Å². The van der Waals surface area contributed by atoms with Gasteiger partial charge in [0.2, 0.25) is 0 Å². The summed E-state index contributed by atoms with van der Waals surface area (Å²) in [5.41, 5.74) is 2.76. The molecule has 0 saturated heterocycles. The van der Waals surface area contributed by atoms with Crippen molar-refractivity contribution < 1.29 is 0 Å². The highest BCUT2D eigenvalue weighted by Gasteiger charge is 2.20. The van der Waals surface area contributed by atoms with Crippen LogP contribution in [0.5, 0.6) is 0 Å². The lowest BCUT2D eigenvalue weighted by Gasteiger charge is -2.05. The zero-order valence-corrected chi connectivity index (χ0v) is 14.6. The Morgan fingerprint density at radius 2 is 2.10 bits per heavy atom. The van der Waals surface area contributed by atoms with Crippen LogP contribution in [-0.2, 0) is 0 Å². The third-order valence-corrected chi connectivity index (χ3v) is 5.52. The molecular formula is C18H20BrNS. The summed E-state index contributed by atoms with van der Waals surface area (Å²) in [4.78, 5) is 2.66. The molecule has 3 heteroatoms. The van der Waals surface area contributed by atoms with Crippen molar-refractivity contribution in [2.45, 2.75) is 32.2 Å². The Bertz CT molecular complexity index is 640. The predicted octanol–water partition coefficient (Wildman–Crippen LogP) is 5.72. The van der Waals surface area contributed by atoms with Gasteiger partial charge in [-0.1, -0.05) is 46.6 Å². The van der Waals surface area contributed by atoms with Crippen LogP contribution >= 0.6 is 27.3 Å². The molecule has 0 bridgehead atoms. The SMILES string of the molecule is CCC(=Cc1ccc(-c2ccccc2Br)s1)CNC1CC1. The molecule has 21 heavy (non-hydrogen) atoms. The molecule has 1 nitrogen and oxygen atoms in total. The molecule has 1 aromatic carbocycles. The first-order valence-electron chi connectivity index (χ1n) is 7.54. The van der Waals surface area contributed by atoms with E-state index in [0.717, 1.165) is 23.5 Å². The fraction of sp³-hybridized carbons (Fsp3) is 0.333. The van der Waals surface area contributed by atoms with Gasteiger partial charge in [-0.25, -0.2) is 0 Å².